The number of aliphatic hydroxyl groups is 1. The Morgan fingerprint density at radius 2 is 2.00 bits per heavy atom. The maximum atomic E-state index is 12.1. The highest BCUT2D eigenvalue weighted by Gasteiger charge is 2.19. The zero-order chi connectivity index (χ0) is 12.0. The number of aliphatic hydroxyl groups excluding tert-OH is 1. The van der Waals surface area contributed by atoms with Crippen molar-refractivity contribution < 1.29 is 9.90 Å². The van der Waals surface area contributed by atoms with Gasteiger partial charge in [0.2, 0.25) is 0 Å². The molecular formula is C13H19NO2. The van der Waals surface area contributed by atoms with Gasteiger partial charge in [0.1, 0.15) is 0 Å². The first kappa shape index (κ1) is 12.7. The molecule has 1 aromatic carbocycles. The van der Waals surface area contributed by atoms with Crippen LogP contribution in [0.4, 0.5) is 0 Å². The van der Waals surface area contributed by atoms with Crippen molar-refractivity contribution in [1.82, 2.24) is 4.90 Å². The lowest BCUT2D eigenvalue weighted by atomic mass is 10.1. The lowest BCUT2D eigenvalue weighted by Gasteiger charge is -2.27. The first-order chi connectivity index (χ1) is 7.70. The Labute approximate surface area is 96.7 Å². The second-order valence-corrected chi connectivity index (χ2v) is 3.90. The molecule has 1 aromatic rings. The molecule has 0 aromatic heterocycles. The highest BCUT2D eigenvalue weighted by Crippen LogP contribution is 2.08. The fraction of sp³-hybridized carbons (Fsp3) is 0.462. The lowest BCUT2D eigenvalue weighted by Crippen LogP contribution is -2.41. The number of carbonyl (C=O) groups is 1. The summed E-state index contributed by atoms with van der Waals surface area (Å²) in [6, 6.07) is 9.05. The topological polar surface area (TPSA) is 40.5 Å². The van der Waals surface area contributed by atoms with Gasteiger partial charge in [-0.15, -0.1) is 0 Å². The second kappa shape index (κ2) is 6.28. The zero-order valence-corrected chi connectivity index (χ0v) is 9.89. The van der Waals surface area contributed by atoms with E-state index in [1.807, 2.05) is 32.0 Å². The molecule has 0 bridgehead atoms. The molecule has 1 N–H and O–H groups in total. The Bertz CT molecular complexity index is 324. The Balaban J connectivity index is 2.83. The van der Waals surface area contributed by atoms with Gasteiger partial charge in [0.25, 0.3) is 5.91 Å². The average Bonchev–Trinajstić information content (AvgIpc) is 2.35. The molecular weight excluding hydrogens is 202 g/mol. The van der Waals surface area contributed by atoms with Gasteiger partial charge in [-0.1, -0.05) is 25.1 Å². The molecule has 0 aliphatic heterocycles. The first-order valence-corrected chi connectivity index (χ1v) is 5.67. The molecule has 0 aliphatic carbocycles. The van der Waals surface area contributed by atoms with Gasteiger partial charge in [0, 0.05) is 12.1 Å². The van der Waals surface area contributed by atoms with E-state index in [1.54, 1.807) is 17.0 Å². The number of amides is 1. The average molecular weight is 221 g/mol. The van der Waals surface area contributed by atoms with Crippen molar-refractivity contribution in [3.05, 3.63) is 35.9 Å². The minimum atomic E-state index is -0.132. The molecule has 88 valence electrons. The Kier molecular flexibility index (Phi) is 4.99. The SMILES string of the molecule is CCCN(C(=O)c1ccccc1)[C@H](C)CO. The monoisotopic (exact) mass is 221 g/mol. The van der Waals surface area contributed by atoms with Gasteiger partial charge < -0.3 is 10.0 Å². The molecule has 3 heteroatoms. The van der Waals surface area contributed by atoms with E-state index < -0.39 is 0 Å². The van der Waals surface area contributed by atoms with E-state index in [1.165, 1.54) is 0 Å². The van der Waals surface area contributed by atoms with Gasteiger partial charge in [-0.05, 0) is 25.5 Å². The summed E-state index contributed by atoms with van der Waals surface area (Å²) in [7, 11) is 0. The highest BCUT2D eigenvalue weighted by molar-refractivity contribution is 5.94. The summed E-state index contributed by atoms with van der Waals surface area (Å²) in [6.07, 6.45) is 0.892. The minimum absolute atomic E-state index is 0.00142. The summed E-state index contributed by atoms with van der Waals surface area (Å²) < 4.78 is 0. The van der Waals surface area contributed by atoms with Crippen LogP contribution in [-0.4, -0.2) is 35.1 Å². The van der Waals surface area contributed by atoms with Gasteiger partial charge in [-0.3, -0.25) is 4.79 Å². The van der Waals surface area contributed by atoms with E-state index in [2.05, 4.69) is 0 Å². The van der Waals surface area contributed by atoms with Crippen LogP contribution < -0.4 is 0 Å². The molecule has 1 atom stereocenters. The molecule has 16 heavy (non-hydrogen) atoms. The summed E-state index contributed by atoms with van der Waals surface area (Å²) >= 11 is 0. The van der Waals surface area contributed by atoms with Gasteiger partial charge in [0.15, 0.2) is 0 Å². The largest absolute Gasteiger partial charge is 0.394 e. The van der Waals surface area contributed by atoms with Crippen molar-refractivity contribution in [3.8, 4) is 0 Å². The number of rotatable bonds is 5. The van der Waals surface area contributed by atoms with Crippen LogP contribution in [0.1, 0.15) is 30.6 Å². The quantitative estimate of drug-likeness (QED) is 0.825. The van der Waals surface area contributed by atoms with Crippen LogP contribution in [0.15, 0.2) is 30.3 Å². The third-order valence-corrected chi connectivity index (χ3v) is 2.54. The maximum Gasteiger partial charge on any atom is 0.254 e. The molecule has 0 saturated carbocycles. The smallest absolute Gasteiger partial charge is 0.254 e. The molecule has 1 amide bonds. The van der Waals surface area contributed by atoms with Crippen molar-refractivity contribution >= 4 is 5.91 Å². The fourth-order valence-electron chi connectivity index (χ4n) is 1.61. The summed E-state index contributed by atoms with van der Waals surface area (Å²) in [5.74, 6) is -0.0102. The van der Waals surface area contributed by atoms with Gasteiger partial charge in [-0.25, -0.2) is 0 Å². The number of nitrogens with zero attached hydrogens (tertiary/aromatic N) is 1. The summed E-state index contributed by atoms with van der Waals surface area (Å²) in [4.78, 5) is 13.9. The van der Waals surface area contributed by atoms with Crippen LogP contribution in [0.3, 0.4) is 0 Å². The van der Waals surface area contributed by atoms with E-state index in [0.29, 0.717) is 12.1 Å². The maximum absolute atomic E-state index is 12.1. The van der Waals surface area contributed by atoms with E-state index in [4.69, 9.17) is 5.11 Å². The number of hydrogen-bond acceptors (Lipinski definition) is 2. The summed E-state index contributed by atoms with van der Waals surface area (Å²) in [5.41, 5.74) is 0.677. The van der Waals surface area contributed by atoms with Crippen LogP contribution >= 0.6 is 0 Å². The van der Waals surface area contributed by atoms with Crippen molar-refractivity contribution in [2.24, 2.45) is 0 Å². The van der Waals surface area contributed by atoms with E-state index in [-0.39, 0.29) is 18.6 Å². The van der Waals surface area contributed by atoms with Crippen LogP contribution in [0.2, 0.25) is 0 Å². The molecule has 0 aliphatic rings. The standard InChI is InChI=1S/C13H19NO2/c1-3-9-14(11(2)10-15)13(16)12-7-5-4-6-8-12/h4-8,11,15H,3,9-10H2,1-2H3/t11-/m1/s1. The molecule has 0 fully saturated rings. The predicted molar refractivity (Wildman–Crippen MR) is 64.3 cm³/mol. The predicted octanol–water partition coefficient (Wildman–Crippen LogP) is 1.92. The Morgan fingerprint density at radius 3 is 2.50 bits per heavy atom. The molecule has 0 heterocycles. The number of hydrogen-bond donors (Lipinski definition) is 1. The van der Waals surface area contributed by atoms with Crippen LogP contribution in [-0.2, 0) is 0 Å². The number of carbonyl (C=O) groups excluding carboxylic acids is 1. The lowest BCUT2D eigenvalue weighted by molar-refractivity contribution is 0.0619. The van der Waals surface area contributed by atoms with Crippen LogP contribution in [0.25, 0.3) is 0 Å². The molecule has 1 rings (SSSR count). The van der Waals surface area contributed by atoms with Crippen molar-refractivity contribution in [3.63, 3.8) is 0 Å². The first-order valence-electron chi connectivity index (χ1n) is 5.67. The van der Waals surface area contributed by atoms with Crippen molar-refractivity contribution in [2.45, 2.75) is 26.3 Å². The van der Waals surface area contributed by atoms with Gasteiger partial charge in [-0.2, -0.15) is 0 Å². The zero-order valence-electron chi connectivity index (χ0n) is 9.89. The molecule has 0 saturated heterocycles. The van der Waals surface area contributed by atoms with Crippen LogP contribution in [0.5, 0.6) is 0 Å². The molecule has 3 nitrogen and oxygen atoms in total. The van der Waals surface area contributed by atoms with Crippen LogP contribution in [0, 0.1) is 0 Å². The number of benzene rings is 1. The summed E-state index contributed by atoms with van der Waals surface area (Å²) in [5, 5.41) is 9.13. The molecule has 0 radical (unpaired) electrons. The van der Waals surface area contributed by atoms with E-state index in [9.17, 15) is 4.79 Å². The highest BCUT2D eigenvalue weighted by atomic mass is 16.3. The molecule has 0 unspecified atom stereocenters. The fourth-order valence-corrected chi connectivity index (χ4v) is 1.61. The van der Waals surface area contributed by atoms with E-state index in [0.717, 1.165) is 6.42 Å². The molecule has 0 spiro atoms. The third-order valence-electron chi connectivity index (χ3n) is 2.54. The normalized spacial score (nSPS) is 12.2. The minimum Gasteiger partial charge on any atom is -0.394 e. The van der Waals surface area contributed by atoms with Crippen molar-refractivity contribution in [2.75, 3.05) is 13.2 Å². The second-order valence-electron chi connectivity index (χ2n) is 3.90. The third kappa shape index (κ3) is 3.07. The Hall–Kier alpha value is -1.35. The van der Waals surface area contributed by atoms with Gasteiger partial charge in [0.05, 0.1) is 12.6 Å². The van der Waals surface area contributed by atoms with Gasteiger partial charge >= 0.3 is 0 Å². The Morgan fingerprint density at radius 1 is 1.38 bits per heavy atom. The van der Waals surface area contributed by atoms with Crippen molar-refractivity contribution in [1.29, 1.82) is 0 Å². The summed E-state index contributed by atoms with van der Waals surface area (Å²) in [6.45, 7) is 4.56. The van der Waals surface area contributed by atoms with E-state index >= 15 is 0 Å².